The Morgan fingerprint density at radius 1 is 0.789 bits per heavy atom. The molecule has 0 atom stereocenters. The maximum Gasteiger partial charge on any atom is 0.0208 e. The van der Waals surface area contributed by atoms with Gasteiger partial charge in [-0.15, -0.1) is 0 Å². The molecule has 0 unspecified atom stereocenters. The summed E-state index contributed by atoms with van der Waals surface area (Å²) in [6.07, 6.45) is 0. The Labute approximate surface area is 133 Å². The predicted octanol–water partition coefficient (Wildman–Crippen LogP) is 1.10. The van der Waals surface area contributed by atoms with Crippen LogP contribution in [0.1, 0.15) is 36.5 Å². The third-order valence-electron chi connectivity index (χ3n) is 3.15. The first kappa shape index (κ1) is 16.2. The smallest absolute Gasteiger partial charge is 0.0208 e. The van der Waals surface area contributed by atoms with Crippen LogP contribution in [0.5, 0.6) is 0 Å². The van der Waals surface area contributed by atoms with E-state index in [0.29, 0.717) is 5.92 Å². The molecule has 0 saturated heterocycles. The van der Waals surface area contributed by atoms with Gasteiger partial charge in [0, 0.05) is 13.1 Å². The summed E-state index contributed by atoms with van der Waals surface area (Å²) in [6, 6.07) is 19.4. The largest absolute Gasteiger partial charge is 1.00 e. The average molecular weight is 366 g/mol. The van der Waals surface area contributed by atoms with Gasteiger partial charge in [-0.3, -0.25) is 0 Å². The van der Waals surface area contributed by atoms with Crippen molar-refractivity contribution < 1.29 is 24.0 Å². The van der Waals surface area contributed by atoms with Crippen molar-refractivity contribution in [2.24, 2.45) is 0 Å². The molecule has 102 valence electrons. The van der Waals surface area contributed by atoms with Gasteiger partial charge in [-0.05, 0) is 22.6 Å². The van der Waals surface area contributed by atoms with E-state index in [2.05, 4.69) is 67.7 Å². The van der Waals surface area contributed by atoms with Crippen LogP contribution in [0.4, 0.5) is 0 Å². The molecule has 0 bridgehead atoms. The van der Waals surface area contributed by atoms with Crippen LogP contribution in [-0.2, 0) is 13.1 Å². The second kappa shape index (κ2) is 8.33. The molecular weight excluding hydrogens is 345 g/mol. The maximum atomic E-state index is 3.47. The molecule has 0 radical (unpaired) electrons. The van der Waals surface area contributed by atoms with Gasteiger partial charge in [0.2, 0.25) is 0 Å². The van der Waals surface area contributed by atoms with Crippen LogP contribution in [0.15, 0.2) is 54.6 Å². The van der Waals surface area contributed by atoms with Crippen molar-refractivity contribution in [3.05, 3.63) is 71.3 Å². The van der Waals surface area contributed by atoms with Gasteiger partial charge in [0.1, 0.15) is 0 Å². The maximum absolute atomic E-state index is 3.47. The van der Waals surface area contributed by atoms with E-state index >= 15 is 0 Å². The monoisotopic (exact) mass is 366 g/mol. The molecular formula is C17H21IN-. The van der Waals surface area contributed by atoms with E-state index in [9.17, 15) is 0 Å². The summed E-state index contributed by atoms with van der Waals surface area (Å²) in [5, 5.41) is 3.47. The first-order chi connectivity index (χ1) is 8.75. The highest BCUT2D eigenvalue weighted by atomic mass is 127. The zero-order valence-electron chi connectivity index (χ0n) is 11.6. The summed E-state index contributed by atoms with van der Waals surface area (Å²) in [5.41, 5.74) is 4.08. The highest BCUT2D eigenvalue weighted by molar-refractivity contribution is 5.24. The summed E-state index contributed by atoms with van der Waals surface area (Å²) in [7, 11) is 0. The highest BCUT2D eigenvalue weighted by Gasteiger charge is 1.98. The molecule has 1 N–H and O–H groups in total. The van der Waals surface area contributed by atoms with Gasteiger partial charge in [-0.1, -0.05) is 68.4 Å². The topological polar surface area (TPSA) is 12.0 Å². The minimum atomic E-state index is 0. The van der Waals surface area contributed by atoms with Gasteiger partial charge in [0.25, 0.3) is 0 Å². The van der Waals surface area contributed by atoms with Gasteiger partial charge >= 0.3 is 0 Å². The highest BCUT2D eigenvalue weighted by Crippen LogP contribution is 2.14. The Morgan fingerprint density at radius 3 is 1.84 bits per heavy atom. The normalized spacial score (nSPS) is 10.3. The molecule has 2 rings (SSSR count). The fraction of sp³-hybridized carbons (Fsp3) is 0.294. The van der Waals surface area contributed by atoms with Crippen LogP contribution in [0.3, 0.4) is 0 Å². The Kier molecular flexibility index (Phi) is 7.10. The zero-order valence-corrected chi connectivity index (χ0v) is 13.7. The molecule has 2 aromatic carbocycles. The van der Waals surface area contributed by atoms with Crippen LogP contribution in [0.2, 0.25) is 0 Å². The summed E-state index contributed by atoms with van der Waals surface area (Å²) < 4.78 is 0. The number of hydrogen-bond donors (Lipinski definition) is 1. The molecule has 1 nitrogen and oxygen atoms in total. The van der Waals surface area contributed by atoms with Crippen LogP contribution in [0, 0.1) is 0 Å². The van der Waals surface area contributed by atoms with E-state index in [1.165, 1.54) is 16.7 Å². The molecule has 0 spiro atoms. The van der Waals surface area contributed by atoms with Crippen molar-refractivity contribution >= 4 is 0 Å². The van der Waals surface area contributed by atoms with Crippen LogP contribution < -0.4 is 29.3 Å². The van der Waals surface area contributed by atoms with Gasteiger partial charge in [0.15, 0.2) is 0 Å². The van der Waals surface area contributed by atoms with Crippen LogP contribution >= 0.6 is 0 Å². The lowest BCUT2D eigenvalue weighted by atomic mass is 10.0. The molecule has 0 aromatic heterocycles. The van der Waals surface area contributed by atoms with Crippen molar-refractivity contribution in [3.8, 4) is 0 Å². The molecule has 0 amide bonds. The Hall–Kier alpha value is -0.870. The minimum absolute atomic E-state index is 0. The fourth-order valence-electron chi connectivity index (χ4n) is 1.97. The van der Waals surface area contributed by atoms with Crippen LogP contribution in [0.25, 0.3) is 0 Å². The van der Waals surface area contributed by atoms with Crippen molar-refractivity contribution in [1.29, 1.82) is 0 Å². The Bertz CT molecular complexity index is 462. The van der Waals surface area contributed by atoms with Gasteiger partial charge in [-0.25, -0.2) is 0 Å². The van der Waals surface area contributed by atoms with E-state index in [4.69, 9.17) is 0 Å². The third kappa shape index (κ3) is 5.33. The van der Waals surface area contributed by atoms with Gasteiger partial charge < -0.3 is 29.3 Å². The van der Waals surface area contributed by atoms with E-state index in [-0.39, 0.29) is 24.0 Å². The SMILES string of the molecule is CC(C)c1ccc(CNCc2ccccc2)cc1.[I-]. The van der Waals surface area contributed by atoms with E-state index in [1.807, 2.05) is 6.07 Å². The lowest BCUT2D eigenvalue weighted by molar-refractivity contribution is -0.00000383. The summed E-state index contributed by atoms with van der Waals surface area (Å²) in [4.78, 5) is 0. The quantitative estimate of drug-likeness (QED) is 0.782. The standard InChI is InChI=1S/C17H21N.HI/c1-14(2)17-10-8-16(9-11-17)13-18-12-15-6-4-3-5-7-15;/h3-11,14,18H,12-13H2,1-2H3;1H/p-1. The number of rotatable bonds is 5. The zero-order chi connectivity index (χ0) is 12.8. The molecule has 0 heterocycles. The van der Waals surface area contributed by atoms with Crippen molar-refractivity contribution in [3.63, 3.8) is 0 Å². The molecule has 2 aromatic rings. The number of halogens is 1. The lowest BCUT2D eigenvalue weighted by Gasteiger charge is -2.08. The number of hydrogen-bond acceptors (Lipinski definition) is 1. The molecule has 19 heavy (non-hydrogen) atoms. The first-order valence-corrected chi connectivity index (χ1v) is 6.59. The molecule has 0 fully saturated rings. The molecule has 0 aliphatic heterocycles. The van der Waals surface area contributed by atoms with Crippen molar-refractivity contribution in [2.75, 3.05) is 0 Å². The molecule has 0 aliphatic carbocycles. The van der Waals surface area contributed by atoms with Gasteiger partial charge in [-0.2, -0.15) is 0 Å². The average Bonchev–Trinajstić information content (AvgIpc) is 2.40. The van der Waals surface area contributed by atoms with E-state index in [0.717, 1.165) is 13.1 Å². The third-order valence-corrected chi connectivity index (χ3v) is 3.15. The van der Waals surface area contributed by atoms with Crippen LogP contribution in [-0.4, -0.2) is 0 Å². The first-order valence-electron chi connectivity index (χ1n) is 6.59. The van der Waals surface area contributed by atoms with E-state index in [1.54, 1.807) is 0 Å². The number of nitrogens with one attached hydrogen (secondary N) is 1. The summed E-state index contributed by atoms with van der Waals surface area (Å²) in [5.74, 6) is 0.608. The van der Waals surface area contributed by atoms with Gasteiger partial charge in [0.05, 0.1) is 0 Å². The predicted molar refractivity (Wildman–Crippen MR) is 77.5 cm³/mol. The number of benzene rings is 2. The molecule has 2 heteroatoms. The summed E-state index contributed by atoms with van der Waals surface area (Å²) in [6.45, 7) is 6.30. The second-order valence-corrected chi connectivity index (χ2v) is 4.99. The Balaban J connectivity index is 0.00000180. The second-order valence-electron chi connectivity index (χ2n) is 4.99. The minimum Gasteiger partial charge on any atom is -1.00 e. The van der Waals surface area contributed by atoms with Crippen molar-refractivity contribution in [1.82, 2.24) is 5.32 Å². The molecule has 0 saturated carbocycles. The Morgan fingerprint density at radius 2 is 1.32 bits per heavy atom. The molecule has 0 aliphatic rings. The van der Waals surface area contributed by atoms with E-state index < -0.39 is 0 Å². The lowest BCUT2D eigenvalue weighted by Crippen LogP contribution is -3.00. The summed E-state index contributed by atoms with van der Waals surface area (Å²) >= 11 is 0. The van der Waals surface area contributed by atoms with Crippen molar-refractivity contribution in [2.45, 2.75) is 32.9 Å². The fourth-order valence-corrected chi connectivity index (χ4v) is 1.97.